The van der Waals surface area contributed by atoms with E-state index in [0.717, 1.165) is 29.7 Å². The number of carbonyl (C=O) groups excluding carboxylic acids is 1. The third-order valence-corrected chi connectivity index (χ3v) is 7.92. The average Bonchev–Trinajstić information content (AvgIpc) is 2.84. The van der Waals surface area contributed by atoms with E-state index in [1.807, 2.05) is 31.2 Å². The molecule has 0 saturated carbocycles. The van der Waals surface area contributed by atoms with Gasteiger partial charge in [0.15, 0.2) is 0 Å². The minimum absolute atomic E-state index is 0.141. The fourth-order valence-corrected chi connectivity index (χ4v) is 5.44. The summed E-state index contributed by atoms with van der Waals surface area (Å²) in [5.41, 5.74) is 2.02. The summed E-state index contributed by atoms with van der Waals surface area (Å²) in [6.45, 7) is 6.07. The lowest BCUT2D eigenvalue weighted by Crippen LogP contribution is -2.44. The summed E-state index contributed by atoms with van der Waals surface area (Å²) in [4.78, 5) is 13.6. The standard InChI is InChI=1S/C27H30N2O4S/c1-4-27(5-2)18-24(21-10-7-9-13-25(21)33-27)28-26(30)22-11-6-8-12-23(22)29-34(31,32)20-16-14-19(3)15-17-20/h6-17,24,29H,4-5,18H2,1-3H3,(H,28,30)/t24-/m1/s1. The molecule has 3 aromatic carbocycles. The van der Waals surface area contributed by atoms with Crippen molar-refractivity contribution in [2.45, 2.75) is 56.6 Å². The van der Waals surface area contributed by atoms with Crippen LogP contribution in [0.25, 0.3) is 0 Å². The molecule has 1 atom stereocenters. The highest BCUT2D eigenvalue weighted by molar-refractivity contribution is 7.92. The summed E-state index contributed by atoms with van der Waals surface area (Å²) in [5, 5.41) is 3.13. The molecular formula is C27H30N2O4S. The number of anilines is 1. The Morgan fingerprint density at radius 1 is 0.971 bits per heavy atom. The van der Waals surface area contributed by atoms with Crippen molar-refractivity contribution in [1.82, 2.24) is 5.32 Å². The molecule has 1 heterocycles. The van der Waals surface area contributed by atoms with Crippen LogP contribution in [0.2, 0.25) is 0 Å². The van der Waals surface area contributed by atoms with Gasteiger partial charge in [-0.15, -0.1) is 0 Å². The van der Waals surface area contributed by atoms with Gasteiger partial charge in [-0.3, -0.25) is 9.52 Å². The predicted molar refractivity (Wildman–Crippen MR) is 134 cm³/mol. The van der Waals surface area contributed by atoms with Crippen molar-refractivity contribution in [2.24, 2.45) is 0 Å². The molecule has 0 unspecified atom stereocenters. The van der Waals surface area contributed by atoms with E-state index in [1.165, 1.54) is 0 Å². The highest BCUT2D eigenvalue weighted by Crippen LogP contribution is 2.42. The third-order valence-electron chi connectivity index (χ3n) is 6.54. The van der Waals surface area contributed by atoms with Gasteiger partial charge in [0.1, 0.15) is 11.4 Å². The molecule has 2 N–H and O–H groups in total. The lowest BCUT2D eigenvalue weighted by atomic mass is 9.83. The maximum Gasteiger partial charge on any atom is 0.261 e. The molecule has 0 fully saturated rings. The SMILES string of the molecule is CCC1(CC)C[C@@H](NC(=O)c2ccccc2NS(=O)(=O)c2ccc(C)cc2)c2ccccc2O1. The number of ether oxygens (including phenoxy) is 1. The van der Waals surface area contributed by atoms with Gasteiger partial charge in [-0.05, 0) is 50.1 Å². The molecule has 3 aromatic rings. The van der Waals surface area contributed by atoms with Crippen LogP contribution in [0.15, 0.2) is 77.7 Å². The van der Waals surface area contributed by atoms with Crippen molar-refractivity contribution >= 4 is 21.6 Å². The fourth-order valence-electron chi connectivity index (χ4n) is 4.36. The molecule has 0 aromatic heterocycles. The minimum atomic E-state index is -3.84. The normalized spacial score (nSPS) is 16.7. The zero-order valence-corrected chi connectivity index (χ0v) is 20.5. The van der Waals surface area contributed by atoms with E-state index in [0.29, 0.717) is 6.42 Å². The minimum Gasteiger partial charge on any atom is -0.487 e. The second-order valence-electron chi connectivity index (χ2n) is 8.72. The first-order chi connectivity index (χ1) is 16.3. The lowest BCUT2D eigenvalue weighted by molar-refractivity contribution is 0.0227. The number of benzene rings is 3. The monoisotopic (exact) mass is 478 g/mol. The second-order valence-corrected chi connectivity index (χ2v) is 10.4. The molecule has 1 amide bonds. The molecule has 0 aliphatic carbocycles. The van der Waals surface area contributed by atoms with Crippen molar-refractivity contribution in [2.75, 3.05) is 4.72 Å². The van der Waals surface area contributed by atoms with E-state index in [9.17, 15) is 13.2 Å². The summed E-state index contributed by atoms with van der Waals surface area (Å²) >= 11 is 0. The van der Waals surface area contributed by atoms with Gasteiger partial charge in [0.2, 0.25) is 0 Å². The van der Waals surface area contributed by atoms with Crippen LogP contribution in [0.1, 0.15) is 60.6 Å². The highest BCUT2D eigenvalue weighted by Gasteiger charge is 2.39. The van der Waals surface area contributed by atoms with Gasteiger partial charge >= 0.3 is 0 Å². The van der Waals surface area contributed by atoms with Gasteiger partial charge in [0.25, 0.3) is 15.9 Å². The number of rotatable bonds is 7. The van der Waals surface area contributed by atoms with Gasteiger partial charge < -0.3 is 10.1 Å². The molecule has 34 heavy (non-hydrogen) atoms. The van der Waals surface area contributed by atoms with Crippen LogP contribution in [0.4, 0.5) is 5.69 Å². The van der Waals surface area contributed by atoms with Crippen molar-refractivity contribution in [3.05, 3.63) is 89.5 Å². The predicted octanol–water partition coefficient (Wildman–Crippen LogP) is 5.61. The zero-order valence-electron chi connectivity index (χ0n) is 19.7. The Kier molecular flexibility index (Phi) is 6.66. The van der Waals surface area contributed by atoms with E-state index in [-0.39, 0.29) is 33.7 Å². The number of amides is 1. The Hall–Kier alpha value is -3.32. The first kappa shape index (κ1) is 23.8. The number of hydrogen-bond acceptors (Lipinski definition) is 4. The Bertz CT molecular complexity index is 1280. The van der Waals surface area contributed by atoms with Crippen LogP contribution in [0.5, 0.6) is 5.75 Å². The van der Waals surface area contributed by atoms with Gasteiger partial charge in [-0.1, -0.05) is 61.9 Å². The fraction of sp³-hybridized carbons (Fsp3) is 0.296. The number of carbonyl (C=O) groups is 1. The molecule has 7 heteroatoms. The number of para-hydroxylation sites is 2. The largest absolute Gasteiger partial charge is 0.487 e. The van der Waals surface area contributed by atoms with Crippen molar-refractivity contribution < 1.29 is 17.9 Å². The number of fused-ring (bicyclic) bond motifs is 1. The smallest absolute Gasteiger partial charge is 0.261 e. The summed E-state index contributed by atoms with van der Waals surface area (Å²) in [6, 6.07) is 20.7. The van der Waals surface area contributed by atoms with Crippen LogP contribution in [-0.4, -0.2) is 19.9 Å². The molecule has 1 aliphatic heterocycles. The van der Waals surface area contributed by atoms with Gasteiger partial charge in [-0.25, -0.2) is 8.42 Å². The molecule has 0 radical (unpaired) electrons. The molecule has 178 valence electrons. The van der Waals surface area contributed by atoms with Crippen LogP contribution in [0, 0.1) is 6.92 Å². The maximum absolute atomic E-state index is 13.4. The lowest BCUT2D eigenvalue weighted by Gasteiger charge is -2.41. The molecule has 4 rings (SSSR count). The number of nitrogens with one attached hydrogen (secondary N) is 2. The van der Waals surface area contributed by atoms with Crippen molar-refractivity contribution in [3.8, 4) is 5.75 Å². The highest BCUT2D eigenvalue weighted by atomic mass is 32.2. The van der Waals surface area contributed by atoms with Crippen LogP contribution in [-0.2, 0) is 10.0 Å². The molecule has 1 aliphatic rings. The Morgan fingerprint density at radius 2 is 1.62 bits per heavy atom. The van der Waals surface area contributed by atoms with Crippen LogP contribution < -0.4 is 14.8 Å². The topological polar surface area (TPSA) is 84.5 Å². The summed E-state index contributed by atoms with van der Waals surface area (Å²) < 4.78 is 34.8. The summed E-state index contributed by atoms with van der Waals surface area (Å²) in [7, 11) is -3.84. The first-order valence-corrected chi connectivity index (χ1v) is 13.0. The Balaban J connectivity index is 1.62. The van der Waals surface area contributed by atoms with Crippen LogP contribution >= 0.6 is 0 Å². The molecule has 0 spiro atoms. The zero-order chi connectivity index (χ0) is 24.3. The molecule has 6 nitrogen and oxygen atoms in total. The van der Waals surface area contributed by atoms with E-state index in [2.05, 4.69) is 23.9 Å². The van der Waals surface area contributed by atoms with E-state index in [1.54, 1.807) is 48.5 Å². The molecular weight excluding hydrogens is 448 g/mol. The maximum atomic E-state index is 13.4. The van der Waals surface area contributed by atoms with Gasteiger partial charge in [0, 0.05) is 12.0 Å². The summed E-state index contributed by atoms with van der Waals surface area (Å²) in [6.07, 6.45) is 2.27. The average molecular weight is 479 g/mol. The van der Waals surface area contributed by atoms with E-state index >= 15 is 0 Å². The number of aryl methyl sites for hydroxylation is 1. The van der Waals surface area contributed by atoms with Gasteiger partial charge in [0.05, 0.1) is 22.2 Å². The van der Waals surface area contributed by atoms with Crippen molar-refractivity contribution in [1.29, 1.82) is 0 Å². The Labute approximate surface area is 201 Å². The second kappa shape index (κ2) is 9.50. The summed E-state index contributed by atoms with van der Waals surface area (Å²) in [5.74, 6) is 0.432. The molecule has 0 bridgehead atoms. The van der Waals surface area contributed by atoms with E-state index in [4.69, 9.17) is 4.74 Å². The number of hydrogen-bond donors (Lipinski definition) is 2. The quantitative estimate of drug-likeness (QED) is 0.462. The number of sulfonamides is 1. The van der Waals surface area contributed by atoms with E-state index < -0.39 is 10.0 Å². The van der Waals surface area contributed by atoms with Crippen molar-refractivity contribution in [3.63, 3.8) is 0 Å². The van der Waals surface area contributed by atoms with Crippen LogP contribution in [0.3, 0.4) is 0 Å². The first-order valence-electron chi connectivity index (χ1n) is 11.5. The molecule has 0 saturated heterocycles. The van der Waals surface area contributed by atoms with Gasteiger partial charge in [-0.2, -0.15) is 0 Å². The Morgan fingerprint density at radius 3 is 2.32 bits per heavy atom. The third kappa shape index (κ3) is 4.80.